The minimum absolute atomic E-state index is 0.0212. The third kappa shape index (κ3) is 3.86. The Morgan fingerprint density at radius 3 is 2.47 bits per heavy atom. The van der Waals surface area contributed by atoms with E-state index in [9.17, 15) is 4.79 Å². The average molecular weight is 234 g/mol. The summed E-state index contributed by atoms with van der Waals surface area (Å²) in [5.74, 6) is -0.0212. The van der Waals surface area contributed by atoms with Crippen LogP contribution in [0.2, 0.25) is 0 Å². The van der Waals surface area contributed by atoms with E-state index in [-0.39, 0.29) is 11.9 Å². The molecule has 1 aromatic rings. The highest BCUT2D eigenvalue weighted by molar-refractivity contribution is 5.97. The van der Waals surface area contributed by atoms with Gasteiger partial charge in [0.05, 0.1) is 0 Å². The second-order valence-corrected chi connectivity index (χ2v) is 4.53. The first-order chi connectivity index (χ1) is 8.06. The zero-order valence-electron chi connectivity index (χ0n) is 10.9. The maximum absolute atomic E-state index is 12.0. The van der Waals surface area contributed by atoms with Crippen LogP contribution in [0.1, 0.15) is 41.3 Å². The number of nitrogens with two attached hydrogens (primary N) is 1. The van der Waals surface area contributed by atoms with Crippen LogP contribution < -0.4 is 11.1 Å². The molecule has 0 spiro atoms. The second kappa shape index (κ2) is 6.40. The van der Waals surface area contributed by atoms with Crippen LogP contribution in [-0.2, 0) is 0 Å². The molecule has 1 amide bonds. The first kappa shape index (κ1) is 13.7. The number of carbonyl (C=O) groups excluding carboxylic acids is 1. The summed E-state index contributed by atoms with van der Waals surface area (Å²) in [6.45, 7) is 6.54. The molecule has 0 aromatic heterocycles. The molecule has 17 heavy (non-hydrogen) atoms. The molecule has 3 N–H and O–H groups in total. The summed E-state index contributed by atoms with van der Waals surface area (Å²) in [6, 6.07) is 5.92. The molecule has 0 aliphatic carbocycles. The van der Waals surface area contributed by atoms with Crippen LogP contribution in [-0.4, -0.2) is 18.5 Å². The van der Waals surface area contributed by atoms with Crippen LogP contribution in [0.4, 0.5) is 0 Å². The number of hydrogen-bond donors (Lipinski definition) is 2. The topological polar surface area (TPSA) is 55.1 Å². The van der Waals surface area contributed by atoms with Crippen molar-refractivity contribution in [3.8, 4) is 0 Å². The third-order valence-corrected chi connectivity index (χ3v) is 2.89. The van der Waals surface area contributed by atoms with Crippen LogP contribution in [0.3, 0.4) is 0 Å². The van der Waals surface area contributed by atoms with Crippen molar-refractivity contribution >= 4 is 5.91 Å². The predicted molar refractivity (Wildman–Crippen MR) is 71.1 cm³/mol. The van der Waals surface area contributed by atoms with Gasteiger partial charge in [0, 0.05) is 18.2 Å². The molecule has 0 fully saturated rings. The Kier molecular flexibility index (Phi) is 5.16. The maximum Gasteiger partial charge on any atom is 0.251 e. The fourth-order valence-corrected chi connectivity index (χ4v) is 1.96. The smallest absolute Gasteiger partial charge is 0.251 e. The van der Waals surface area contributed by atoms with Gasteiger partial charge in [0.25, 0.3) is 5.91 Å². The van der Waals surface area contributed by atoms with E-state index in [0.717, 1.165) is 29.5 Å². The molecule has 1 rings (SSSR count). The molecule has 0 bridgehead atoms. The SMILES string of the molecule is CCCC(N)CNC(=O)c1c(C)cccc1C. The first-order valence-electron chi connectivity index (χ1n) is 6.16. The van der Waals surface area contributed by atoms with Gasteiger partial charge in [0.2, 0.25) is 0 Å². The lowest BCUT2D eigenvalue weighted by molar-refractivity contribution is 0.0949. The first-order valence-corrected chi connectivity index (χ1v) is 6.16. The quantitative estimate of drug-likeness (QED) is 0.820. The van der Waals surface area contributed by atoms with Crippen LogP contribution >= 0.6 is 0 Å². The molecule has 0 saturated heterocycles. The minimum atomic E-state index is -0.0212. The van der Waals surface area contributed by atoms with E-state index in [1.165, 1.54) is 0 Å². The summed E-state index contributed by atoms with van der Waals surface area (Å²) in [5.41, 5.74) is 8.66. The van der Waals surface area contributed by atoms with Crippen molar-refractivity contribution in [2.75, 3.05) is 6.54 Å². The van der Waals surface area contributed by atoms with Gasteiger partial charge in [-0.05, 0) is 31.4 Å². The van der Waals surface area contributed by atoms with Crippen molar-refractivity contribution in [3.05, 3.63) is 34.9 Å². The summed E-state index contributed by atoms with van der Waals surface area (Å²) in [5, 5.41) is 2.90. The second-order valence-electron chi connectivity index (χ2n) is 4.53. The van der Waals surface area contributed by atoms with Gasteiger partial charge in [-0.2, -0.15) is 0 Å². The summed E-state index contributed by atoms with van der Waals surface area (Å²) < 4.78 is 0. The summed E-state index contributed by atoms with van der Waals surface area (Å²) >= 11 is 0. The Hall–Kier alpha value is -1.35. The highest BCUT2D eigenvalue weighted by Crippen LogP contribution is 2.12. The van der Waals surface area contributed by atoms with Crippen LogP contribution in [0.15, 0.2) is 18.2 Å². The van der Waals surface area contributed by atoms with E-state index in [4.69, 9.17) is 5.73 Å². The summed E-state index contributed by atoms with van der Waals surface area (Å²) in [7, 11) is 0. The van der Waals surface area contributed by atoms with E-state index < -0.39 is 0 Å². The van der Waals surface area contributed by atoms with Crippen molar-refractivity contribution in [2.24, 2.45) is 5.73 Å². The van der Waals surface area contributed by atoms with Crippen molar-refractivity contribution in [1.82, 2.24) is 5.32 Å². The van der Waals surface area contributed by atoms with Gasteiger partial charge in [-0.15, -0.1) is 0 Å². The average Bonchev–Trinajstić information content (AvgIpc) is 2.26. The van der Waals surface area contributed by atoms with Crippen molar-refractivity contribution in [3.63, 3.8) is 0 Å². The third-order valence-electron chi connectivity index (χ3n) is 2.89. The lowest BCUT2D eigenvalue weighted by Crippen LogP contribution is -2.37. The summed E-state index contributed by atoms with van der Waals surface area (Å²) in [4.78, 5) is 12.0. The molecule has 0 aliphatic heterocycles. The van der Waals surface area contributed by atoms with Crippen molar-refractivity contribution < 1.29 is 4.79 Å². The zero-order valence-corrected chi connectivity index (χ0v) is 10.9. The monoisotopic (exact) mass is 234 g/mol. The van der Waals surface area contributed by atoms with Gasteiger partial charge in [0.1, 0.15) is 0 Å². The van der Waals surface area contributed by atoms with Gasteiger partial charge in [-0.1, -0.05) is 31.5 Å². The lowest BCUT2D eigenvalue weighted by Gasteiger charge is -2.14. The largest absolute Gasteiger partial charge is 0.350 e. The lowest BCUT2D eigenvalue weighted by atomic mass is 10.0. The molecule has 0 saturated carbocycles. The van der Waals surface area contributed by atoms with Crippen LogP contribution in [0.25, 0.3) is 0 Å². The minimum Gasteiger partial charge on any atom is -0.350 e. The molecule has 94 valence electrons. The Labute approximate surface area is 103 Å². The molecule has 0 aliphatic rings. The number of amides is 1. The fourth-order valence-electron chi connectivity index (χ4n) is 1.96. The van der Waals surface area contributed by atoms with Crippen LogP contribution in [0.5, 0.6) is 0 Å². The highest BCUT2D eigenvalue weighted by Gasteiger charge is 2.12. The molecule has 3 heteroatoms. The van der Waals surface area contributed by atoms with E-state index in [0.29, 0.717) is 6.54 Å². The standard InChI is InChI=1S/C14H22N2O/c1-4-6-12(15)9-16-14(17)13-10(2)7-5-8-11(13)3/h5,7-8,12H,4,6,9,15H2,1-3H3,(H,16,17). The number of rotatable bonds is 5. The fraction of sp³-hybridized carbons (Fsp3) is 0.500. The van der Waals surface area contributed by atoms with E-state index in [1.54, 1.807) is 0 Å². The van der Waals surface area contributed by atoms with Crippen molar-refractivity contribution in [2.45, 2.75) is 39.7 Å². The van der Waals surface area contributed by atoms with Crippen LogP contribution in [0, 0.1) is 13.8 Å². The molecular formula is C14H22N2O. The molecule has 0 heterocycles. The normalized spacial score (nSPS) is 12.2. The predicted octanol–water partition coefficient (Wildman–Crippen LogP) is 2.16. The Morgan fingerprint density at radius 1 is 1.35 bits per heavy atom. The van der Waals surface area contributed by atoms with Gasteiger partial charge >= 0.3 is 0 Å². The highest BCUT2D eigenvalue weighted by atomic mass is 16.1. The Balaban J connectivity index is 2.64. The summed E-state index contributed by atoms with van der Waals surface area (Å²) in [6.07, 6.45) is 1.98. The Bertz CT molecular complexity index is 368. The maximum atomic E-state index is 12.0. The van der Waals surface area contributed by atoms with E-state index in [1.807, 2.05) is 32.0 Å². The van der Waals surface area contributed by atoms with Crippen molar-refractivity contribution in [1.29, 1.82) is 0 Å². The van der Waals surface area contributed by atoms with Gasteiger partial charge in [0.15, 0.2) is 0 Å². The number of carbonyl (C=O) groups is 1. The van der Waals surface area contributed by atoms with Gasteiger partial charge < -0.3 is 11.1 Å². The molecule has 3 nitrogen and oxygen atoms in total. The number of hydrogen-bond acceptors (Lipinski definition) is 2. The molecule has 0 radical (unpaired) electrons. The molecule has 1 unspecified atom stereocenters. The zero-order chi connectivity index (χ0) is 12.8. The number of aryl methyl sites for hydroxylation is 2. The van der Waals surface area contributed by atoms with Gasteiger partial charge in [-0.3, -0.25) is 4.79 Å². The molecular weight excluding hydrogens is 212 g/mol. The molecule has 1 aromatic carbocycles. The number of benzene rings is 1. The van der Waals surface area contributed by atoms with E-state index in [2.05, 4.69) is 12.2 Å². The Morgan fingerprint density at radius 2 is 1.94 bits per heavy atom. The number of nitrogens with one attached hydrogen (secondary N) is 1. The molecule has 1 atom stereocenters. The van der Waals surface area contributed by atoms with Gasteiger partial charge in [-0.25, -0.2) is 0 Å². The van der Waals surface area contributed by atoms with E-state index >= 15 is 0 Å².